The van der Waals surface area contributed by atoms with Crippen LogP contribution in [0.4, 0.5) is 5.69 Å². The summed E-state index contributed by atoms with van der Waals surface area (Å²) >= 11 is 0. The normalized spacial score (nSPS) is 10.2. The molecule has 0 amide bonds. The first-order chi connectivity index (χ1) is 23.2. The molecule has 0 aromatic heterocycles. The van der Waals surface area contributed by atoms with Gasteiger partial charge in [-0.2, -0.15) is 0 Å². The molecule has 3 rings (SSSR count). The summed E-state index contributed by atoms with van der Waals surface area (Å²) in [6, 6.07) is 28.2. The van der Waals surface area contributed by atoms with E-state index in [0.29, 0.717) is 6.04 Å². The second kappa shape index (κ2) is 30.2. The van der Waals surface area contributed by atoms with Gasteiger partial charge >= 0.3 is 0 Å². The molecular weight excluding hydrogens is 583 g/mol. The van der Waals surface area contributed by atoms with Gasteiger partial charge < -0.3 is 16.0 Å². The topological polar surface area (TPSA) is 36.1 Å². The van der Waals surface area contributed by atoms with E-state index >= 15 is 0 Å². The summed E-state index contributed by atoms with van der Waals surface area (Å²) in [6.07, 6.45) is 18.0. The number of nitrogens with one attached hydrogen (secondary N) is 3. The van der Waals surface area contributed by atoms with Crippen LogP contribution in [0.15, 0.2) is 116 Å². The quantitative estimate of drug-likeness (QED) is 0.0729. The van der Waals surface area contributed by atoms with Crippen LogP contribution in [-0.4, -0.2) is 19.1 Å². The van der Waals surface area contributed by atoms with E-state index in [1.165, 1.54) is 52.8 Å². The fourth-order valence-electron chi connectivity index (χ4n) is 4.51. The lowest BCUT2D eigenvalue weighted by atomic mass is 10.0. The zero-order valence-electron chi connectivity index (χ0n) is 31.3. The van der Waals surface area contributed by atoms with Gasteiger partial charge in [0, 0.05) is 36.9 Å². The summed E-state index contributed by atoms with van der Waals surface area (Å²) in [6.45, 7) is 26.4. The van der Waals surface area contributed by atoms with Gasteiger partial charge in [0.2, 0.25) is 0 Å². The third kappa shape index (κ3) is 26.0. The molecule has 0 bridgehead atoms. The molecule has 0 aliphatic rings. The highest BCUT2D eigenvalue weighted by Crippen LogP contribution is 2.16. The van der Waals surface area contributed by atoms with Crippen LogP contribution in [0.1, 0.15) is 101 Å². The first kappa shape index (κ1) is 43.8. The second-order valence-electron chi connectivity index (χ2n) is 12.3. The highest BCUT2D eigenvalue weighted by molar-refractivity contribution is 5.45. The van der Waals surface area contributed by atoms with Crippen LogP contribution in [0.2, 0.25) is 0 Å². The van der Waals surface area contributed by atoms with E-state index in [1.54, 1.807) is 6.20 Å². The molecule has 0 heterocycles. The lowest BCUT2D eigenvalue weighted by Gasteiger charge is -2.10. The number of anilines is 1. The van der Waals surface area contributed by atoms with Crippen LogP contribution in [0.25, 0.3) is 0 Å². The van der Waals surface area contributed by atoms with Crippen LogP contribution < -0.4 is 16.0 Å². The molecule has 0 saturated heterocycles. The Morgan fingerprint density at radius 2 is 1.46 bits per heavy atom. The predicted molar refractivity (Wildman–Crippen MR) is 217 cm³/mol. The molecule has 3 aromatic carbocycles. The maximum absolute atomic E-state index is 5.11. The molecule has 262 valence electrons. The summed E-state index contributed by atoms with van der Waals surface area (Å²) in [5, 5.41) is 9.84. The Bertz CT molecular complexity index is 1250. The minimum absolute atomic E-state index is 0.410. The van der Waals surface area contributed by atoms with E-state index in [2.05, 4.69) is 149 Å². The highest BCUT2D eigenvalue weighted by atomic mass is 14.9. The van der Waals surface area contributed by atoms with Crippen molar-refractivity contribution in [3.05, 3.63) is 138 Å². The van der Waals surface area contributed by atoms with E-state index in [4.69, 9.17) is 6.42 Å². The molecule has 3 N–H and O–H groups in total. The Morgan fingerprint density at radius 1 is 0.812 bits per heavy atom. The van der Waals surface area contributed by atoms with Gasteiger partial charge in [-0.3, -0.25) is 0 Å². The molecule has 3 nitrogen and oxygen atoms in total. The zero-order valence-corrected chi connectivity index (χ0v) is 31.3. The van der Waals surface area contributed by atoms with Gasteiger partial charge in [0.15, 0.2) is 0 Å². The SMILES string of the molecule is C#CCC(CC)NC=C.C=C(CCCNC(=C)C)CCc1cccc(NCCCCC)c1.CCc1ccccc1.Cc1ccc(C)cc1. The fraction of sp³-hybridized carbons (Fsp3) is 0.422. The van der Waals surface area contributed by atoms with Crippen molar-refractivity contribution in [1.82, 2.24) is 10.6 Å². The number of hydrogen-bond donors (Lipinski definition) is 3. The largest absolute Gasteiger partial charge is 0.389 e. The van der Waals surface area contributed by atoms with Crippen molar-refractivity contribution >= 4 is 5.69 Å². The van der Waals surface area contributed by atoms with Crippen molar-refractivity contribution in [3.8, 4) is 12.3 Å². The lowest BCUT2D eigenvalue weighted by molar-refractivity contribution is 0.583. The van der Waals surface area contributed by atoms with E-state index in [0.717, 1.165) is 63.7 Å². The standard InChI is InChI=1S/C21H34N2.C8H13N.2C8H10/c1-5-6-7-15-23-21-12-8-11-20(17-21)14-13-19(4)10-9-16-22-18(2)3;1-4-7-8(5-2)9-6-3;1-7-3-5-8(2)6-4-7;1-2-8-6-4-3-5-7-8/h8,11-12,17,22-23H,2,4-7,9-10,13-16H2,1,3H3;1,6,8-9H,3,5,7H2,2H3;3-6H,1-2H3;3-7H,2H2,1H3. The van der Waals surface area contributed by atoms with Crippen LogP contribution in [0.5, 0.6) is 0 Å². The Kier molecular flexibility index (Phi) is 27.6. The molecule has 0 radical (unpaired) electrons. The number of aryl methyl sites for hydroxylation is 4. The Morgan fingerprint density at radius 3 is 1.98 bits per heavy atom. The molecule has 0 fully saturated rings. The Labute approximate surface area is 296 Å². The number of terminal acetylenes is 1. The van der Waals surface area contributed by atoms with Crippen LogP contribution in [0, 0.1) is 26.2 Å². The molecule has 0 saturated carbocycles. The molecule has 3 heteroatoms. The smallest absolute Gasteiger partial charge is 0.0362 e. The van der Waals surface area contributed by atoms with Crippen molar-refractivity contribution in [2.75, 3.05) is 18.4 Å². The number of hydrogen-bond acceptors (Lipinski definition) is 3. The van der Waals surface area contributed by atoms with Gasteiger partial charge in [-0.15, -0.1) is 12.3 Å². The number of unbranched alkanes of at least 4 members (excludes halogenated alkanes) is 2. The van der Waals surface area contributed by atoms with Crippen molar-refractivity contribution in [2.24, 2.45) is 0 Å². The van der Waals surface area contributed by atoms with Gasteiger partial charge in [0.1, 0.15) is 0 Å². The second-order valence-corrected chi connectivity index (χ2v) is 12.3. The van der Waals surface area contributed by atoms with Crippen molar-refractivity contribution in [3.63, 3.8) is 0 Å². The van der Waals surface area contributed by atoms with E-state index < -0.39 is 0 Å². The average Bonchev–Trinajstić information content (AvgIpc) is 3.10. The molecule has 0 spiro atoms. The van der Waals surface area contributed by atoms with Gasteiger partial charge in [-0.1, -0.05) is 137 Å². The molecule has 0 aliphatic heterocycles. The molecule has 1 atom stereocenters. The van der Waals surface area contributed by atoms with Crippen LogP contribution in [0.3, 0.4) is 0 Å². The Balaban J connectivity index is 0.000000717. The van der Waals surface area contributed by atoms with Gasteiger partial charge in [0.25, 0.3) is 0 Å². The summed E-state index contributed by atoms with van der Waals surface area (Å²) in [5.41, 5.74) is 9.09. The number of allylic oxidation sites excluding steroid dienone is 2. The first-order valence-electron chi connectivity index (χ1n) is 17.9. The van der Waals surface area contributed by atoms with Gasteiger partial charge in [-0.05, 0) is 95.2 Å². The molecule has 0 aliphatic carbocycles. The highest BCUT2D eigenvalue weighted by Gasteiger charge is 2.00. The number of rotatable bonds is 18. The van der Waals surface area contributed by atoms with Gasteiger partial charge in [-0.25, -0.2) is 0 Å². The summed E-state index contributed by atoms with van der Waals surface area (Å²) in [5.74, 6) is 2.59. The van der Waals surface area contributed by atoms with E-state index in [9.17, 15) is 0 Å². The summed E-state index contributed by atoms with van der Waals surface area (Å²) < 4.78 is 0. The summed E-state index contributed by atoms with van der Waals surface area (Å²) in [4.78, 5) is 0. The molecule has 1 unspecified atom stereocenters. The third-order valence-corrected chi connectivity index (χ3v) is 7.62. The van der Waals surface area contributed by atoms with E-state index in [-0.39, 0.29) is 0 Å². The Hall–Kier alpha value is -4.16. The molecule has 3 aromatic rings. The van der Waals surface area contributed by atoms with Crippen LogP contribution >= 0.6 is 0 Å². The maximum atomic E-state index is 5.11. The first-order valence-corrected chi connectivity index (χ1v) is 17.9. The summed E-state index contributed by atoms with van der Waals surface area (Å²) in [7, 11) is 0. The zero-order chi connectivity index (χ0) is 35.8. The van der Waals surface area contributed by atoms with Crippen LogP contribution in [-0.2, 0) is 12.8 Å². The fourth-order valence-corrected chi connectivity index (χ4v) is 4.51. The minimum atomic E-state index is 0.410. The molecule has 48 heavy (non-hydrogen) atoms. The number of benzene rings is 3. The molecular formula is C45H67N3. The monoisotopic (exact) mass is 650 g/mol. The third-order valence-electron chi connectivity index (χ3n) is 7.62. The lowest BCUT2D eigenvalue weighted by Crippen LogP contribution is -2.21. The van der Waals surface area contributed by atoms with Crippen molar-refractivity contribution in [2.45, 2.75) is 112 Å². The van der Waals surface area contributed by atoms with Gasteiger partial charge in [0.05, 0.1) is 0 Å². The minimum Gasteiger partial charge on any atom is -0.389 e. The average molecular weight is 650 g/mol. The maximum Gasteiger partial charge on any atom is 0.0362 e. The van der Waals surface area contributed by atoms with Crippen molar-refractivity contribution < 1.29 is 0 Å². The van der Waals surface area contributed by atoms with Crippen molar-refractivity contribution in [1.29, 1.82) is 0 Å². The predicted octanol–water partition coefficient (Wildman–Crippen LogP) is 11.8. The van der Waals surface area contributed by atoms with E-state index in [1.807, 2.05) is 13.0 Å².